The van der Waals surface area contributed by atoms with Gasteiger partial charge in [-0.2, -0.15) is 0 Å². The SMILES string of the molecule is Cc1cc(-c2ccc(C(C)(c3ccc(O)cc3)c3ccc(O)cc3)cc2)ccc1O. The fraction of sp³-hybridized carbons (Fsp3) is 0.111. The van der Waals surface area contributed by atoms with Crippen LogP contribution in [-0.2, 0) is 5.41 Å². The predicted molar refractivity (Wildman–Crippen MR) is 120 cm³/mol. The van der Waals surface area contributed by atoms with Gasteiger partial charge in [0.15, 0.2) is 0 Å². The molecule has 0 radical (unpaired) electrons. The smallest absolute Gasteiger partial charge is 0.118 e. The summed E-state index contributed by atoms with van der Waals surface area (Å²) in [6.07, 6.45) is 0. The summed E-state index contributed by atoms with van der Waals surface area (Å²) in [5, 5.41) is 29.3. The molecule has 4 rings (SSSR count). The van der Waals surface area contributed by atoms with Gasteiger partial charge in [0.25, 0.3) is 0 Å². The number of hydrogen-bond acceptors (Lipinski definition) is 3. The minimum atomic E-state index is -0.467. The van der Waals surface area contributed by atoms with Crippen LogP contribution < -0.4 is 0 Å². The molecule has 30 heavy (non-hydrogen) atoms. The molecule has 0 saturated carbocycles. The molecule has 0 bridgehead atoms. The number of aryl methyl sites for hydroxylation is 1. The van der Waals surface area contributed by atoms with Crippen molar-refractivity contribution in [2.45, 2.75) is 19.3 Å². The Balaban J connectivity index is 1.82. The van der Waals surface area contributed by atoms with Gasteiger partial charge < -0.3 is 15.3 Å². The van der Waals surface area contributed by atoms with E-state index in [9.17, 15) is 15.3 Å². The Hall–Kier alpha value is -3.72. The normalized spacial score (nSPS) is 11.4. The van der Waals surface area contributed by atoms with Crippen LogP contribution in [0.25, 0.3) is 11.1 Å². The van der Waals surface area contributed by atoms with Crippen molar-refractivity contribution in [2.75, 3.05) is 0 Å². The van der Waals surface area contributed by atoms with E-state index in [2.05, 4.69) is 31.2 Å². The van der Waals surface area contributed by atoms with E-state index in [4.69, 9.17) is 0 Å². The first-order valence-corrected chi connectivity index (χ1v) is 9.87. The summed E-state index contributed by atoms with van der Waals surface area (Å²) in [5.74, 6) is 0.748. The lowest BCUT2D eigenvalue weighted by Gasteiger charge is -2.32. The molecule has 0 aromatic heterocycles. The zero-order chi connectivity index (χ0) is 21.3. The van der Waals surface area contributed by atoms with Crippen molar-refractivity contribution < 1.29 is 15.3 Å². The molecule has 0 heterocycles. The van der Waals surface area contributed by atoms with E-state index in [0.717, 1.165) is 33.4 Å². The lowest BCUT2D eigenvalue weighted by Crippen LogP contribution is -2.25. The van der Waals surface area contributed by atoms with Crippen molar-refractivity contribution in [2.24, 2.45) is 0 Å². The number of aromatic hydroxyl groups is 3. The molecule has 3 heteroatoms. The molecule has 3 nitrogen and oxygen atoms in total. The second-order valence-electron chi connectivity index (χ2n) is 7.80. The van der Waals surface area contributed by atoms with Crippen LogP contribution in [-0.4, -0.2) is 15.3 Å². The minimum absolute atomic E-state index is 0.227. The van der Waals surface area contributed by atoms with Crippen LogP contribution in [0.5, 0.6) is 17.2 Å². The molecule has 0 fully saturated rings. The average molecular weight is 396 g/mol. The lowest BCUT2D eigenvalue weighted by molar-refractivity contribution is 0.471. The van der Waals surface area contributed by atoms with Gasteiger partial charge in [0.05, 0.1) is 0 Å². The van der Waals surface area contributed by atoms with E-state index in [1.807, 2.05) is 43.3 Å². The molecule has 150 valence electrons. The standard InChI is InChI=1S/C27H24O3/c1-18-17-20(5-16-26(18)30)19-3-6-21(7-4-19)27(2,22-8-12-24(28)13-9-22)23-10-14-25(29)15-11-23/h3-17,28-30H,1-2H3. The van der Waals surface area contributed by atoms with E-state index in [1.54, 1.807) is 30.3 Å². The molecule has 3 N–H and O–H groups in total. The largest absolute Gasteiger partial charge is 0.508 e. The Morgan fingerprint density at radius 2 is 0.933 bits per heavy atom. The van der Waals surface area contributed by atoms with Crippen molar-refractivity contribution in [3.05, 3.63) is 113 Å². The Morgan fingerprint density at radius 1 is 0.533 bits per heavy atom. The van der Waals surface area contributed by atoms with Gasteiger partial charge in [-0.25, -0.2) is 0 Å². The van der Waals surface area contributed by atoms with Crippen LogP contribution >= 0.6 is 0 Å². The Morgan fingerprint density at radius 3 is 1.37 bits per heavy atom. The average Bonchev–Trinajstić information content (AvgIpc) is 2.76. The lowest BCUT2D eigenvalue weighted by atomic mass is 9.71. The molecule has 4 aromatic rings. The third kappa shape index (κ3) is 3.50. The summed E-state index contributed by atoms with van der Waals surface area (Å²) < 4.78 is 0. The van der Waals surface area contributed by atoms with Crippen molar-refractivity contribution in [3.63, 3.8) is 0 Å². The summed E-state index contributed by atoms with van der Waals surface area (Å²) in [4.78, 5) is 0. The monoisotopic (exact) mass is 396 g/mol. The van der Waals surface area contributed by atoms with Crippen molar-refractivity contribution >= 4 is 0 Å². The summed E-state index contributed by atoms with van der Waals surface area (Å²) in [6.45, 7) is 4.03. The van der Waals surface area contributed by atoms with E-state index in [0.29, 0.717) is 5.75 Å². The van der Waals surface area contributed by atoms with Crippen LogP contribution in [0.1, 0.15) is 29.2 Å². The van der Waals surface area contributed by atoms with Crippen LogP contribution in [0.2, 0.25) is 0 Å². The summed E-state index contributed by atoms with van der Waals surface area (Å²) in [7, 11) is 0. The van der Waals surface area contributed by atoms with E-state index in [-0.39, 0.29) is 11.5 Å². The zero-order valence-corrected chi connectivity index (χ0v) is 17.0. The summed E-state index contributed by atoms with van der Waals surface area (Å²) >= 11 is 0. The van der Waals surface area contributed by atoms with Crippen LogP contribution in [0.3, 0.4) is 0 Å². The highest BCUT2D eigenvalue weighted by molar-refractivity contribution is 5.66. The highest BCUT2D eigenvalue weighted by Crippen LogP contribution is 2.40. The van der Waals surface area contributed by atoms with Gasteiger partial charge in [0, 0.05) is 5.41 Å². The Kier molecular flexibility index (Phi) is 4.96. The number of phenolic OH excluding ortho intramolecular Hbond substituents is 3. The maximum atomic E-state index is 9.80. The molecule has 0 spiro atoms. The second kappa shape index (κ2) is 7.60. The first-order chi connectivity index (χ1) is 14.4. The summed E-state index contributed by atoms with van der Waals surface area (Å²) in [6, 6.07) is 28.5. The summed E-state index contributed by atoms with van der Waals surface area (Å²) in [5.41, 5.74) is 5.67. The molecule has 0 saturated heterocycles. The van der Waals surface area contributed by atoms with Crippen molar-refractivity contribution in [1.82, 2.24) is 0 Å². The maximum Gasteiger partial charge on any atom is 0.118 e. The van der Waals surface area contributed by atoms with Gasteiger partial charge in [-0.3, -0.25) is 0 Å². The molecule has 0 atom stereocenters. The maximum absolute atomic E-state index is 9.80. The molecule has 0 aliphatic heterocycles. The third-order valence-corrected chi connectivity index (χ3v) is 5.88. The first-order valence-electron chi connectivity index (χ1n) is 9.87. The number of hydrogen-bond donors (Lipinski definition) is 3. The first kappa shape index (κ1) is 19.6. The highest BCUT2D eigenvalue weighted by atomic mass is 16.3. The Labute approximate surface area is 176 Å². The van der Waals surface area contributed by atoms with Crippen LogP contribution in [0, 0.1) is 6.92 Å². The number of benzene rings is 4. The zero-order valence-electron chi connectivity index (χ0n) is 17.0. The highest BCUT2D eigenvalue weighted by Gasteiger charge is 2.31. The number of phenols is 3. The van der Waals surface area contributed by atoms with Crippen LogP contribution in [0.4, 0.5) is 0 Å². The van der Waals surface area contributed by atoms with Crippen LogP contribution in [0.15, 0.2) is 91.0 Å². The minimum Gasteiger partial charge on any atom is -0.508 e. The quantitative estimate of drug-likeness (QED) is 0.364. The van der Waals surface area contributed by atoms with Crippen molar-refractivity contribution in [3.8, 4) is 28.4 Å². The van der Waals surface area contributed by atoms with Gasteiger partial charge >= 0.3 is 0 Å². The van der Waals surface area contributed by atoms with Gasteiger partial charge in [-0.1, -0.05) is 54.6 Å². The fourth-order valence-corrected chi connectivity index (χ4v) is 3.92. The third-order valence-electron chi connectivity index (χ3n) is 5.88. The predicted octanol–water partition coefficient (Wildman–Crippen LogP) is 6.13. The molecule has 0 unspecified atom stereocenters. The van der Waals surface area contributed by atoms with Gasteiger partial charge in [-0.05, 0) is 83.6 Å². The molecule has 0 amide bonds. The van der Waals surface area contributed by atoms with E-state index in [1.165, 1.54) is 0 Å². The fourth-order valence-electron chi connectivity index (χ4n) is 3.92. The van der Waals surface area contributed by atoms with Gasteiger partial charge in [0.2, 0.25) is 0 Å². The molecular formula is C27H24O3. The van der Waals surface area contributed by atoms with E-state index >= 15 is 0 Å². The van der Waals surface area contributed by atoms with Gasteiger partial charge in [-0.15, -0.1) is 0 Å². The molecule has 0 aliphatic rings. The molecule has 4 aromatic carbocycles. The van der Waals surface area contributed by atoms with Gasteiger partial charge in [0.1, 0.15) is 17.2 Å². The number of rotatable bonds is 4. The molecular weight excluding hydrogens is 372 g/mol. The van der Waals surface area contributed by atoms with Crippen molar-refractivity contribution in [1.29, 1.82) is 0 Å². The molecule has 0 aliphatic carbocycles. The second-order valence-corrected chi connectivity index (χ2v) is 7.80. The Bertz CT molecular complexity index is 1110. The van der Waals surface area contributed by atoms with E-state index < -0.39 is 5.41 Å². The topological polar surface area (TPSA) is 60.7 Å².